The summed E-state index contributed by atoms with van der Waals surface area (Å²) in [5.74, 6) is 0. The predicted octanol–water partition coefficient (Wildman–Crippen LogP) is 2.24. The van der Waals surface area contributed by atoms with Gasteiger partial charge in [-0.25, -0.2) is 0 Å². The molecule has 0 saturated heterocycles. The van der Waals surface area contributed by atoms with Gasteiger partial charge in [-0.15, -0.1) is 0 Å². The molecule has 0 saturated carbocycles. The van der Waals surface area contributed by atoms with Gasteiger partial charge in [-0.05, 0) is 22.0 Å². The monoisotopic (exact) mass is 294 g/mol. The van der Waals surface area contributed by atoms with E-state index < -0.39 is 18.3 Å². The minimum absolute atomic E-state index is 0.0427. The number of halogens is 4. The van der Waals surface area contributed by atoms with Crippen molar-refractivity contribution in [2.75, 3.05) is 0 Å². The first kappa shape index (κ1) is 12.8. The fraction of sp³-hybridized carbons (Fsp3) is 0.333. The highest BCUT2D eigenvalue weighted by atomic mass is 79.9. The summed E-state index contributed by atoms with van der Waals surface area (Å²) in [6.07, 6.45) is -3.62. The zero-order valence-corrected chi connectivity index (χ0v) is 9.47. The second-order valence-corrected chi connectivity index (χ2v) is 3.98. The average molecular weight is 295 g/mol. The van der Waals surface area contributed by atoms with E-state index in [-0.39, 0.29) is 12.0 Å². The fourth-order valence-corrected chi connectivity index (χ4v) is 1.70. The van der Waals surface area contributed by atoms with Crippen molar-refractivity contribution in [2.24, 2.45) is 0 Å². The molecule has 16 heavy (non-hydrogen) atoms. The number of aromatic nitrogens is 1. The lowest BCUT2D eigenvalue weighted by atomic mass is 10.2. The standard InChI is InChI=1S/C9H6BrF3N2O/c10-7-3-6(1-2-14)8(16)15(4-7)5-9(11,12)13/h3-4H,1,5H2. The third-order valence-corrected chi connectivity index (χ3v) is 2.18. The zero-order valence-electron chi connectivity index (χ0n) is 7.88. The Morgan fingerprint density at radius 3 is 2.62 bits per heavy atom. The molecule has 0 aliphatic carbocycles. The van der Waals surface area contributed by atoms with E-state index in [1.165, 1.54) is 6.07 Å². The van der Waals surface area contributed by atoms with Gasteiger partial charge >= 0.3 is 6.18 Å². The largest absolute Gasteiger partial charge is 0.406 e. The minimum atomic E-state index is -4.46. The molecular weight excluding hydrogens is 289 g/mol. The van der Waals surface area contributed by atoms with E-state index in [0.29, 0.717) is 9.04 Å². The van der Waals surface area contributed by atoms with Gasteiger partial charge in [0.2, 0.25) is 0 Å². The maximum Gasteiger partial charge on any atom is 0.406 e. The topological polar surface area (TPSA) is 45.8 Å². The first-order valence-corrected chi connectivity index (χ1v) is 4.95. The van der Waals surface area contributed by atoms with Crippen LogP contribution in [-0.2, 0) is 13.0 Å². The van der Waals surface area contributed by atoms with Gasteiger partial charge in [0.15, 0.2) is 0 Å². The lowest BCUT2D eigenvalue weighted by Gasteiger charge is -2.10. The highest BCUT2D eigenvalue weighted by Gasteiger charge is 2.28. The van der Waals surface area contributed by atoms with Crippen molar-refractivity contribution < 1.29 is 13.2 Å². The second-order valence-electron chi connectivity index (χ2n) is 3.07. The summed E-state index contributed by atoms with van der Waals surface area (Å²) in [5.41, 5.74) is -0.747. The number of alkyl halides is 3. The van der Waals surface area contributed by atoms with Gasteiger partial charge in [-0.1, -0.05) is 0 Å². The molecule has 0 aliphatic rings. The number of hydrogen-bond acceptors (Lipinski definition) is 2. The third-order valence-electron chi connectivity index (χ3n) is 1.75. The lowest BCUT2D eigenvalue weighted by Crippen LogP contribution is -2.29. The molecule has 1 heterocycles. The van der Waals surface area contributed by atoms with Crippen molar-refractivity contribution in [3.63, 3.8) is 0 Å². The van der Waals surface area contributed by atoms with Crippen molar-refractivity contribution in [3.8, 4) is 6.07 Å². The molecular formula is C9H6BrF3N2O. The number of hydrogen-bond donors (Lipinski definition) is 0. The average Bonchev–Trinajstić information content (AvgIpc) is 2.11. The van der Waals surface area contributed by atoms with E-state index in [1.54, 1.807) is 6.07 Å². The Morgan fingerprint density at radius 1 is 1.50 bits per heavy atom. The Hall–Kier alpha value is -1.29. The molecule has 0 aliphatic heterocycles. The number of rotatable bonds is 2. The summed E-state index contributed by atoms with van der Waals surface area (Å²) in [5, 5.41) is 8.42. The van der Waals surface area contributed by atoms with Crippen molar-refractivity contribution in [1.82, 2.24) is 4.57 Å². The summed E-state index contributed by atoms with van der Waals surface area (Å²) in [4.78, 5) is 11.5. The second kappa shape index (κ2) is 4.70. The smallest absolute Gasteiger partial charge is 0.305 e. The normalized spacial score (nSPS) is 11.2. The summed E-state index contributed by atoms with van der Waals surface area (Å²) in [7, 11) is 0. The molecule has 1 aromatic heterocycles. The van der Waals surface area contributed by atoms with Gasteiger partial charge in [-0.3, -0.25) is 4.79 Å². The van der Waals surface area contributed by atoms with Crippen LogP contribution in [0.4, 0.5) is 13.2 Å². The quantitative estimate of drug-likeness (QED) is 0.840. The molecule has 0 radical (unpaired) electrons. The molecule has 0 fully saturated rings. The van der Waals surface area contributed by atoms with Crippen LogP contribution in [0.2, 0.25) is 0 Å². The molecule has 0 bridgehead atoms. The molecule has 0 unspecified atom stereocenters. The van der Waals surface area contributed by atoms with Crippen LogP contribution < -0.4 is 5.56 Å². The summed E-state index contributed by atoms with van der Waals surface area (Å²) in [6.45, 7) is -1.36. The van der Waals surface area contributed by atoms with Crippen molar-refractivity contribution in [2.45, 2.75) is 19.1 Å². The third kappa shape index (κ3) is 3.38. The van der Waals surface area contributed by atoms with Gasteiger partial charge in [0.05, 0.1) is 12.5 Å². The number of nitrogens with zero attached hydrogens (tertiary/aromatic N) is 2. The van der Waals surface area contributed by atoms with E-state index in [4.69, 9.17) is 5.26 Å². The van der Waals surface area contributed by atoms with Gasteiger partial charge in [0.1, 0.15) is 6.54 Å². The van der Waals surface area contributed by atoms with Crippen LogP contribution in [0, 0.1) is 11.3 Å². The molecule has 1 aromatic rings. The van der Waals surface area contributed by atoms with Gasteiger partial charge in [0, 0.05) is 16.2 Å². The number of pyridine rings is 1. The van der Waals surface area contributed by atoms with Crippen LogP contribution in [0.5, 0.6) is 0 Å². The van der Waals surface area contributed by atoms with Gasteiger partial charge < -0.3 is 4.57 Å². The van der Waals surface area contributed by atoms with Crippen LogP contribution in [0.15, 0.2) is 21.5 Å². The Kier molecular flexibility index (Phi) is 3.75. The van der Waals surface area contributed by atoms with E-state index >= 15 is 0 Å². The van der Waals surface area contributed by atoms with E-state index in [9.17, 15) is 18.0 Å². The fourth-order valence-electron chi connectivity index (χ4n) is 1.18. The Bertz CT molecular complexity index is 487. The van der Waals surface area contributed by atoms with Crippen LogP contribution in [0.25, 0.3) is 0 Å². The van der Waals surface area contributed by atoms with E-state index in [1.807, 2.05) is 0 Å². The summed E-state index contributed by atoms with van der Waals surface area (Å²) < 4.78 is 37.3. The SMILES string of the molecule is N#CCc1cc(Br)cn(CC(F)(F)F)c1=O. The Balaban J connectivity index is 3.21. The Morgan fingerprint density at radius 2 is 2.12 bits per heavy atom. The maximum atomic E-state index is 12.1. The molecule has 3 nitrogen and oxygen atoms in total. The minimum Gasteiger partial charge on any atom is -0.305 e. The first-order chi connectivity index (χ1) is 7.33. The summed E-state index contributed by atoms with van der Waals surface area (Å²) in [6, 6.07) is 3.07. The van der Waals surface area contributed by atoms with Gasteiger partial charge in [0.25, 0.3) is 5.56 Å². The van der Waals surface area contributed by atoms with Crippen LogP contribution in [0.3, 0.4) is 0 Å². The molecule has 86 valence electrons. The lowest BCUT2D eigenvalue weighted by molar-refractivity contribution is -0.141. The molecule has 1 rings (SSSR count). The summed E-state index contributed by atoms with van der Waals surface area (Å²) >= 11 is 2.99. The molecule has 0 spiro atoms. The van der Waals surface area contributed by atoms with Crippen molar-refractivity contribution >= 4 is 15.9 Å². The van der Waals surface area contributed by atoms with Crippen molar-refractivity contribution in [3.05, 3.63) is 32.7 Å². The van der Waals surface area contributed by atoms with E-state index in [2.05, 4.69) is 15.9 Å². The molecule has 7 heteroatoms. The number of nitriles is 1. The van der Waals surface area contributed by atoms with Crippen molar-refractivity contribution in [1.29, 1.82) is 5.26 Å². The van der Waals surface area contributed by atoms with Gasteiger partial charge in [-0.2, -0.15) is 18.4 Å². The molecule has 0 N–H and O–H groups in total. The predicted molar refractivity (Wildman–Crippen MR) is 53.8 cm³/mol. The maximum absolute atomic E-state index is 12.1. The van der Waals surface area contributed by atoms with Crippen LogP contribution >= 0.6 is 15.9 Å². The molecule has 0 aromatic carbocycles. The first-order valence-electron chi connectivity index (χ1n) is 4.16. The zero-order chi connectivity index (χ0) is 12.3. The van der Waals surface area contributed by atoms with Crippen LogP contribution in [-0.4, -0.2) is 10.7 Å². The highest BCUT2D eigenvalue weighted by molar-refractivity contribution is 9.10. The Labute approximate surface area is 97.2 Å². The molecule has 0 amide bonds. The highest BCUT2D eigenvalue weighted by Crippen LogP contribution is 2.18. The molecule has 0 atom stereocenters. The van der Waals surface area contributed by atoms with Crippen LogP contribution in [0.1, 0.15) is 5.56 Å². The van der Waals surface area contributed by atoms with E-state index in [0.717, 1.165) is 6.20 Å².